The van der Waals surface area contributed by atoms with Gasteiger partial charge < -0.3 is 15.3 Å². The molecule has 2 rings (SSSR count). The molecule has 1 aromatic rings. The van der Waals surface area contributed by atoms with Crippen LogP contribution in [0.4, 0.5) is 0 Å². The Kier molecular flexibility index (Phi) is 7.21. The average molecular weight is 333 g/mol. The molecule has 0 aromatic heterocycles. The Morgan fingerprint density at radius 1 is 1.29 bits per heavy atom. The predicted molar refractivity (Wildman–Crippen MR) is 96.8 cm³/mol. The van der Waals surface area contributed by atoms with Gasteiger partial charge in [0, 0.05) is 45.2 Å². The zero-order valence-electron chi connectivity index (χ0n) is 15.1. The lowest BCUT2D eigenvalue weighted by Gasteiger charge is -2.40. The van der Waals surface area contributed by atoms with Crippen molar-refractivity contribution in [2.75, 3.05) is 32.7 Å². The van der Waals surface area contributed by atoms with Gasteiger partial charge in [0.05, 0.1) is 12.1 Å². The van der Waals surface area contributed by atoms with Gasteiger partial charge in [-0.25, -0.2) is 0 Å². The lowest BCUT2D eigenvalue weighted by molar-refractivity contribution is -0.122. The second kappa shape index (κ2) is 9.16. The molecule has 1 fully saturated rings. The highest BCUT2D eigenvalue weighted by atomic mass is 16.3. The summed E-state index contributed by atoms with van der Waals surface area (Å²) in [7, 11) is 0. The summed E-state index contributed by atoms with van der Waals surface area (Å²) in [6, 6.07) is 10.5. The molecule has 0 aliphatic carbocycles. The lowest BCUT2D eigenvalue weighted by atomic mass is 10.1. The molecule has 2 N–H and O–H groups in total. The summed E-state index contributed by atoms with van der Waals surface area (Å²) < 4.78 is 0. The van der Waals surface area contributed by atoms with E-state index in [0.717, 1.165) is 38.3 Å². The van der Waals surface area contributed by atoms with E-state index in [1.807, 2.05) is 44.2 Å². The molecule has 1 aliphatic rings. The second-order valence-electron chi connectivity index (χ2n) is 6.94. The molecule has 1 aromatic carbocycles. The quantitative estimate of drug-likeness (QED) is 0.796. The van der Waals surface area contributed by atoms with Gasteiger partial charge in [0.1, 0.15) is 0 Å². The highest BCUT2D eigenvalue weighted by Gasteiger charge is 2.24. The first-order valence-corrected chi connectivity index (χ1v) is 8.94. The van der Waals surface area contributed by atoms with Crippen LogP contribution in [0.3, 0.4) is 0 Å². The van der Waals surface area contributed by atoms with Crippen LogP contribution >= 0.6 is 0 Å². The van der Waals surface area contributed by atoms with Crippen molar-refractivity contribution in [3.05, 3.63) is 35.9 Å². The molecular formula is C19H31N3O2. The number of nitrogens with zero attached hydrogens (tertiary/aromatic N) is 2. The monoisotopic (exact) mass is 333 g/mol. The molecule has 24 heavy (non-hydrogen) atoms. The third-order valence-electron chi connectivity index (χ3n) is 4.68. The molecule has 1 heterocycles. The summed E-state index contributed by atoms with van der Waals surface area (Å²) in [4.78, 5) is 16.8. The van der Waals surface area contributed by atoms with Gasteiger partial charge in [-0.1, -0.05) is 30.3 Å². The number of aliphatic hydroxyl groups is 1. The predicted octanol–water partition coefficient (Wildman–Crippen LogP) is 1.64. The molecule has 1 aliphatic heterocycles. The molecule has 134 valence electrons. The molecular weight excluding hydrogens is 302 g/mol. The first-order valence-electron chi connectivity index (χ1n) is 8.94. The molecule has 0 radical (unpaired) electrons. The lowest BCUT2D eigenvalue weighted by Crippen LogP contribution is -2.53. The maximum atomic E-state index is 12.2. The number of hydrogen-bond acceptors (Lipinski definition) is 4. The van der Waals surface area contributed by atoms with Gasteiger partial charge in [-0.3, -0.25) is 9.69 Å². The van der Waals surface area contributed by atoms with Gasteiger partial charge in [-0.2, -0.15) is 0 Å². The first-order chi connectivity index (χ1) is 11.5. The van der Waals surface area contributed by atoms with Crippen LogP contribution in [-0.4, -0.2) is 65.7 Å². The number of rotatable bonds is 7. The maximum absolute atomic E-state index is 12.2. The minimum Gasteiger partial charge on any atom is -0.392 e. The van der Waals surface area contributed by atoms with Crippen molar-refractivity contribution in [2.24, 2.45) is 0 Å². The Hall–Kier alpha value is -1.43. The van der Waals surface area contributed by atoms with E-state index in [0.29, 0.717) is 12.5 Å². The maximum Gasteiger partial charge on any atom is 0.221 e. The second-order valence-corrected chi connectivity index (χ2v) is 6.94. The van der Waals surface area contributed by atoms with Crippen molar-refractivity contribution in [1.29, 1.82) is 0 Å². The number of hydrogen-bond donors (Lipinski definition) is 2. The Labute approximate surface area is 145 Å². The molecule has 3 atom stereocenters. The van der Waals surface area contributed by atoms with Crippen molar-refractivity contribution in [1.82, 2.24) is 15.1 Å². The van der Waals surface area contributed by atoms with Crippen molar-refractivity contribution in [3.63, 3.8) is 0 Å². The van der Waals surface area contributed by atoms with Gasteiger partial charge in [-0.05, 0) is 26.3 Å². The number of benzene rings is 1. The van der Waals surface area contributed by atoms with Crippen LogP contribution in [0.5, 0.6) is 0 Å². The average Bonchev–Trinajstić information content (AvgIpc) is 2.55. The van der Waals surface area contributed by atoms with Gasteiger partial charge in [0.25, 0.3) is 0 Å². The van der Waals surface area contributed by atoms with E-state index in [1.165, 1.54) is 0 Å². The Balaban J connectivity index is 1.71. The number of β-amino-alcohol motifs (C(OH)–C–C–N with tert-alkyl or cyclic N) is 1. The Morgan fingerprint density at radius 2 is 2.00 bits per heavy atom. The highest BCUT2D eigenvalue weighted by Crippen LogP contribution is 2.13. The van der Waals surface area contributed by atoms with E-state index >= 15 is 0 Å². The summed E-state index contributed by atoms with van der Waals surface area (Å²) >= 11 is 0. The van der Waals surface area contributed by atoms with E-state index in [4.69, 9.17) is 0 Å². The number of aliphatic hydroxyl groups excluding tert-OH is 1. The SMILES string of the molecule is C[C@H](O)CN1CCN(CCC(=O)N[C@@H](C)c2ccccc2)C[C@@H]1C. The van der Waals surface area contributed by atoms with Crippen LogP contribution < -0.4 is 5.32 Å². The Bertz CT molecular complexity index is 507. The van der Waals surface area contributed by atoms with Gasteiger partial charge in [0.2, 0.25) is 5.91 Å². The van der Waals surface area contributed by atoms with Crippen LogP contribution in [0.2, 0.25) is 0 Å². The van der Waals surface area contributed by atoms with E-state index < -0.39 is 0 Å². The third-order valence-corrected chi connectivity index (χ3v) is 4.68. The van der Waals surface area contributed by atoms with E-state index in [-0.39, 0.29) is 18.1 Å². The molecule has 0 saturated carbocycles. The van der Waals surface area contributed by atoms with Gasteiger partial charge >= 0.3 is 0 Å². The number of piperazine rings is 1. The van der Waals surface area contributed by atoms with Crippen LogP contribution in [0.25, 0.3) is 0 Å². The molecule has 5 heteroatoms. The van der Waals surface area contributed by atoms with Crippen LogP contribution in [0.15, 0.2) is 30.3 Å². The smallest absolute Gasteiger partial charge is 0.221 e. The van der Waals surface area contributed by atoms with Gasteiger partial charge in [-0.15, -0.1) is 0 Å². The Morgan fingerprint density at radius 3 is 2.62 bits per heavy atom. The van der Waals surface area contributed by atoms with E-state index in [9.17, 15) is 9.90 Å². The van der Waals surface area contributed by atoms with Gasteiger partial charge in [0.15, 0.2) is 0 Å². The van der Waals surface area contributed by atoms with E-state index in [2.05, 4.69) is 22.0 Å². The van der Waals surface area contributed by atoms with Crippen LogP contribution in [0.1, 0.15) is 38.8 Å². The molecule has 0 spiro atoms. The number of carbonyl (C=O) groups excluding carboxylic acids is 1. The summed E-state index contributed by atoms with van der Waals surface area (Å²) in [5, 5.41) is 12.6. The normalized spacial score (nSPS) is 22.1. The largest absolute Gasteiger partial charge is 0.392 e. The van der Waals surface area contributed by atoms with Crippen molar-refractivity contribution >= 4 is 5.91 Å². The zero-order chi connectivity index (χ0) is 17.5. The molecule has 1 saturated heterocycles. The summed E-state index contributed by atoms with van der Waals surface area (Å²) in [6.45, 7) is 10.4. The van der Waals surface area contributed by atoms with Crippen molar-refractivity contribution in [2.45, 2.75) is 45.4 Å². The highest BCUT2D eigenvalue weighted by molar-refractivity contribution is 5.76. The third kappa shape index (κ3) is 5.89. The van der Waals surface area contributed by atoms with Crippen molar-refractivity contribution < 1.29 is 9.90 Å². The fraction of sp³-hybridized carbons (Fsp3) is 0.632. The first kappa shape index (κ1) is 18.9. The molecule has 5 nitrogen and oxygen atoms in total. The summed E-state index contributed by atoms with van der Waals surface area (Å²) in [6.07, 6.45) is 0.240. The van der Waals surface area contributed by atoms with Crippen LogP contribution in [0, 0.1) is 0 Å². The van der Waals surface area contributed by atoms with E-state index in [1.54, 1.807) is 0 Å². The molecule has 0 unspecified atom stereocenters. The molecule has 1 amide bonds. The topological polar surface area (TPSA) is 55.8 Å². The standard InChI is InChI=1S/C19H31N3O2/c1-15-13-21(11-12-22(15)14-16(2)23)10-9-19(24)20-17(3)18-7-5-4-6-8-18/h4-8,15-17,23H,9-14H2,1-3H3,(H,20,24)/t15-,16-,17-/m0/s1. The zero-order valence-corrected chi connectivity index (χ0v) is 15.1. The van der Waals surface area contributed by atoms with Crippen LogP contribution in [-0.2, 0) is 4.79 Å². The minimum atomic E-state index is -0.288. The van der Waals surface area contributed by atoms with Crippen molar-refractivity contribution in [3.8, 4) is 0 Å². The molecule has 0 bridgehead atoms. The summed E-state index contributed by atoms with van der Waals surface area (Å²) in [5.74, 6) is 0.102. The number of amides is 1. The number of carbonyl (C=O) groups is 1. The summed E-state index contributed by atoms with van der Waals surface area (Å²) in [5.41, 5.74) is 1.13. The number of nitrogens with one attached hydrogen (secondary N) is 1. The minimum absolute atomic E-state index is 0.0421. The fourth-order valence-corrected chi connectivity index (χ4v) is 3.28. The fourth-order valence-electron chi connectivity index (χ4n) is 3.28.